The molecule has 0 unspecified atom stereocenters. The van der Waals surface area contributed by atoms with Crippen LogP contribution in [0.4, 0.5) is 0 Å². The van der Waals surface area contributed by atoms with Crippen LogP contribution in [0.2, 0.25) is 10.0 Å². The zero-order valence-electron chi connectivity index (χ0n) is 11.7. The van der Waals surface area contributed by atoms with Gasteiger partial charge in [0, 0.05) is 37.2 Å². The van der Waals surface area contributed by atoms with Gasteiger partial charge >= 0.3 is 0 Å². The highest BCUT2D eigenvalue weighted by Crippen LogP contribution is 2.28. The number of carbonyl (C=O) groups is 1. The van der Waals surface area contributed by atoms with Gasteiger partial charge in [-0.3, -0.25) is 9.69 Å². The molecule has 2 aliphatic rings. The third-order valence-electron chi connectivity index (χ3n) is 3.98. The summed E-state index contributed by atoms with van der Waals surface area (Å²) in [7, 11) is 0. The molecule has 0 atom stereocenters. The van der Waals surface area contributed by atoms with E-state index in [2.05, 4.69) is 4.90 Å². The van der Waals surface area contributed by atoms with Crippen molar-refractivity contribution in [2.45, 2.75) is 18.9 Å². The normalized spacial score (nSPS) is 19.6. The van der Waals surface area contributed by atoms with Crippen molar-refractivity contribution in [3.8, 4) is 5.75 Å². The first kappa shape index (κ1) is 14.9. The average molecular weight is 329 g/mol. The van der Waals surface area contributed by atoms with Crippen molar-refractivity contribution in [3.05, 3.63) is 28.2 Å². The average Bonchev–Trinajstić information content (AvgIpc) is 3.31. The molecule has 1 aliphatic carbocycles. The smallest absolute Gasteiger partial charge is 0.260 e. The molecule has 0 N–H and O–H groups in total. The van der Waals surface area contributed by atoms with E-state index in [1.54, 1.807) is 18.2 Å². The van der Waals surface area contributed by atoms with Gasteiger partial charge in [0.25, 0.3) is 5.91 Å². The number of hydrogen-bond donors (Lipinski definition) is 0. The van der Waals surface area contributed by atoms with Gasteiger partial charge in [-0.15, -0.1) is 0 Å². The van der Waals surface area contributed by atoms with Crippen molar-refractivity contribution in [1.82, 2.24) is 9.80 Å². The first-order valence-corrected chi connectivity index (χ1v) is 7.99. The highest BCUT2D eigenvalue weighted by molar-refractivity contribution is 6.35. The van der Waals surface area contributed by atoms with E-state index < -0.39 is 0 Å². The topological polar surface area (TPSA) is 32.8 Å². The number of halogens is 2. The largest absolute Gasteiger partial charge is 0.482 e. The Balaban J connectivity index is 1.47. The van der Waals surface area contributed by atoms with Crippen molar-refractivity contribution < 1.29 is 9.53 Å². The van der Waals surface area contributed by atoms with Crippen LogP contribution in [0.1, 0.15) is 12.8 Å². The summed E-state index contributed by atoms with van der Waals surface area (Å²) < 4.78 is 5.50. The first-order chi connectivity index (χ1) is 10.1. The Kier molecular flexibility index (Phi) is 4.57. The molecule has 21 heavy (non-hydrogen) atoms. The van der Waals surface area contributed by atoms with Gasteiger partial charge in [0.1, 0.15) is 5.75 Å². The third-order valence-corrected chi connectivity index (χ3v) is 4.51. The Labute approximate surface area is 134 Å². The van der Waals surface area contributed by atoms with E-state index in [1.807, 2.05) is 4.90 Å². The van der Waals surface area contributed by atoms with Crippen LogP contribution in [0.5, 0.6) is 5.75 Å². The van der Waals surface area contributed by atoms with Gasteiger partial charge < -0.3 is 9.64 Å². The highest BCUT2D eigenvalue weighted by atomic mass is 35.5. The Morgan fingerprint density at radius 1 is 1.19 bits per heavy atom. The van der Waals surface area contributed by atoms with Crippen LogP contribution in [0.15, 0.2) is 18.2 Å². The van der Waals surface area contributed by atoms with Crippen molar-refractivity contribution in [2.24, 2.45) is 0 Å². The minimum atomic E-state index is 0.0106. The first-order valence-electron chi connectivity index (χ1n) is 7.23. The molecule has 4 nitrogen and oxygen atoms in total. The fraction of sp³-hybridized carbons (Fsp3) is 0.533. The van der Waals surface area contributed by atoms with Crippen LogP contribution in [-0.4, -0.2) is 54.5 Å². The summed E-state index contributed by atoms with van der Waals surface area (Å²) in [5.74, 6) is 0.502. The van der Waals surface area contributed by atoms with E-state index >= 15 is 0 Å². The fourth-order valence-corrected chi connectivity index (χ4v) is 3.06. The van der Waals surface area contributed by atoms with E-state index in [0.717, 1.165) is 32.2 Å². The van der Waals surface area contributed by atoms with Crippen molar-refractivity contribution in [2.75, 3.05) is 32.8 Å². The van der Waals surface area contributed by atoms with Gasteiger partial charge in [-0.05, 0) is 31.0 Å². The maximum Gasteiger partial charge on any atom is 0.260 e. The second kappa shape index (κ2) is 6.42. The van der Waals surface area contributed by atoms with Gasteiger partial charge in [0.05, 0.1) is 5.02 Å². The Morgan fingerprint density at radius 2 is 1.90 bits per heavy atom. The molecule has 3 rings (SSSR count). The molecule has 1 saturated heterocycles. The predicted octanol–water partition coefficient (Wildman–Crippen LogP) is 2.68. The molecule has 0 aromatic heterocycles. The Bertz CT molecular complexity index is 526. The van der Waals surface area contributed by atoms with E-state index in [0.29, 0.717) is 15.8 Å². The third kappa shape index (κ3) is 3.82. The van der Waals surface area contributed by atoms with Crippen LogP contribution in [-0.2, 0) is 4.79 Å². The number of nitrogens with zero attached hydrogens (tertiary/aromatic N) is 2. The Hall–Kier alpha value is -0.970. The van der Waals surface area contributed by atoms with Gasteiger partial charge in [-0.2, -0.15) is 0 Å². The van der Waals surface area contributed by atoms with Gasteiger partial charge in [0.15, 0.2) is 6.61 Å². The monoisotopic (exact) mass is 328 g/mol. The predicted molar refractivity (Wildman–Crippen MR) is 83.1 cm³/mol. The van der Waals surface area contributed by atoms with Crippen molar-refractivity contribution >= 4 is 29.1 Å². The summed E-state index contributed by atoms with van der Waals surface area (Å²) in [6, 6.07) is 5.76. The standard InChI is InChI=1S/C15H18Cl2N2O2/c16-11-1-4-14(13(17)9-11)21-10-15(20)19-7-5-18(6-8-19)12-2-3-12/h1,4,9,12H,2-3,5-8,10H2. The summed E-state index contributed by atoms with van der Waals surface area (Å²) in [5, 5.41) is 0.976. The van der Waals surface area contributed by atoms with E-state index in [4.69, 9.17) is 27.9 Å². The van der Waals surface area contributed by atoms with Crippen LogP contribution in [0.3, 0.4) is 0 Å². The number of rotatable bonds is 4. The van der Waals surface area contributed by atoms with Crippen LogP contribution < -0.4 is 4.74 Å². The molecule has 2 fully saturated rings. The number of piperazine rings is 1. The lowest BCUT2D eigenvalue weighted by atomic mass is 10.3. The fourth-order valence-electron chi connectivity index (χ4n) is 2.60. The number of ether oxygens (including phenoxy) is 1. The second-order valence-electron chi connectivity index (χ2n) is 5.51. The lowest BCUT2D eigenvalue weighted by molar-refractivity contribution is -0.135. The van der Waals surface area contributed by atoms with Crippen LogP contribution in [0.25, 0.3) is 0 Å². The van der Waals surface area contributed by atoms with E-state index in [-0.39, 0.29) is 12.5 Å². The number of carbonyl (C=O) groups excluding carboxylic acids is 1. The molecule has 1 aliphatic heterocycles. The Morgan fingerprint density at radius 3 is 2.52 bits per heavy atom. The maximum absolute atomic E-state index is 12.2. The van der Waals surface area contributed by atoms with Crippen molar-refractivity contribution in [3.63, 3.8) is 0 Å². The molecule has 1 aromatic carbocycles. The second-order valence-corrected chi connectivity index (χ2v) is 6.35. The van der Waals surface area contributed by atoms with E-state index in [9.17, 15) is 4.79 Å². The summed E-state index contributed by atoms with van der Waals surface area (Å²) in [6.45, 7) is 3.53. The molecular weight excluding hydrogens is 311 g/mol. The maximum atomic E-state index is 12.2. The summed E-state index contributed by atoms with van der Waals surface area (Å²) >= 11 is 11.8. The molecule has 1 amide bonds. The van der Waals surface area contributed by atoms with Crippen LogP contribution >= 0.6 is 23.2 Å². The molecule has 0 spiro atoms. The summed E-state index contributed by atoms with van der Waals surface area (Å²) in [4.78, 5) is 16.5. The van der Waals surface area contributed by atoms with Crippen LogP contribution in [0, 0.1) is 0 Å². The highest BCUT2D eigenvalue weighted by Gasteiger charge is 2.32. The lowest BCUT2D eigenvalue weighted by Gasteiger charge is -2.34. The molecule has 1 aromatic rings. The molecule has 0 bridgehead atoms. The molecule has 1 saturated carbocycles. The minimum absolute atomic E-state index is 0.0106. The summed E-state index contributed by atoms with van der Waals surface area (Å²) in [5.41, 5.74) is 0. The molecular formula is C15H18Cl2N2O2. The number of hydrogen-bond acceptors (Lipinski definition) is 3. The van der Waals surface area contributed by atoms with Gasteiger partial charge in [-0.25, -0.2) is 0 Å². The van der Waals surface area contributed by atoms with Crippen molar-refractivity contribution in [1.29, 1.82) is 0 Å². The number of benzene rings is 1. The molecule has 6 heteroatoms. The molecule has 114 valence electrons. The quantitative estimate of drug-likeness (QED) is 0.851. The zero-order chi connectivity index (χ0) is 14.8. The van der Waals surface area contributed by atoms with E-state index in [1.165, 1.54) is 12.8 Å². The summed E-state index contributed by atoms with van der Waals surface area (Å²) in [6.07, 6.45) is 2.62. The lowest BCUT2D eigenvalue weighted by Crippen LogP contribution is -2.50. The molecule has 0 radical (unpaired) electrons. The van der Waals surface area contributed by atoms with Gasteiger partial charge in [0.2, 0.25) is 0 Å². The van der Waals surface area contributed by atoms with Gasteiger partial charge in [-0.1, -0.05) is 23.2 Å². The molecule has 1 heterocycles. The zero-order valence-corrected chi connectivity index (χ0v) is 13.2. The minimum Gasteiger partial charge on any atom is -0.482 e. The number of amides is 1. The SMILES string of the molecule is O=C(COc1ccc(Cl)cc1Cl)N1CCN(C2CC2)CC1.